The van der Waals surface area contributed by atoms with Gasteiger partial charge in [0.1, 0.15) is 0 Å². The monoisotopic (exact) mass is 170 g/mol. The lowest BCUT2D eigenvalue weighted by Crippen LogP contribution is -2.17. The van der Waals surface area contributed by atoms with E-state index in [0.29, 0.717) is 6.61 Å². The summed E-state index contributed by atoms with van der Waals surface area (Å²) in [4.78, 5) is 20.4. The molecule has 0 N–H and O–H groups in total. The average Bonchev–Trinajstić information content (AvgIpc) is 2.82. The van der Waals surface area contributed by atoms with E-state index in [1.807, 2.05) is 19.1 Å². The molecule has 1 saturated carbocycles. The third-order valence-corrected chi connectivity index (χ3v) is 1.93. The second-order valence-corrected chi connectivity index (χ2v) is 2.93. The normalized spacial score (nSPS) is 19.5. The van der Waals surface area contributed by atoms with E-state index in [4.69, 9.17) is 0 Å². The van der Waals surface area contributed by atoms with Crippen LogP contribution in [-0.2, 0) is 14.6 Å². The minimum absolute atomic E-state index is 0.262. The molecule has 0 saturated heterocycles. The zero-order valence-electron chi connectivity index (χ0n) is 7.50. The van der Waals surface area contributed by atoms with Crippen LogP contribution >= 0.6 is 0 Å². The summed E-state index contributed by atoms with van der Waals surface area (Å²) in [7, 11) is 0. The van der Waals surface area contributed by atoms with Crippen molar-refractivity contribution >= 4 is 5.97 Å². The second kappa shape index (κ2) is 3.72. The van der Waals surface area contributed by atoms with Crippen molar-refractivity contribution in [3.8, 4) is 0 Å². The van der Waals surface area contributed by atoms with E-state index in [-0.39, 0.29) is 11.4 Å². The Balaban J connectivity index is 2.41. The van der Waals surface area contributed by atoms with E-state index in [2.05, 4.69) is 9.78 Å². The summed E-state index contributed by atoms with van der Waals surface area (Å²) < 4.78 is 0. The maximum atomic E-state index is 11.3. The molecular formula is C9H14O3. The molecule has 1 aliphatic rings. The maximum absolute atomic E-state index is 11.3. The lowest BCUT2D eigenvalue weighted by atomic mass is 10.1. The van der Waals surface area contributed by atoms with E-state index < -0.39 is 0 Å². The van der Waals surface area contributed by atoms with E-state index in [1.165, 1.54) is 0 Å². The Bertz CT molecular complexity index is 192. The van der Waals surface area contributed by atoms with Crippen LogP contribution in [0.15, 0.2) is 12.2 Å². The molecule has 0 aromatic heterocycles. The molecule has 0 aromatic rings. The summed E-state index contributed by atoms with van der Waals surface area (Å²) in [6.45, 7) is 4.08. The fourth-order valence-corrected chi connectivity index (χ4v) is 1.09. The fourth-order valence-electron chi connectivity index (χ4n) is 1.09. The fraction of sp³-hybridized carbons (Fsp3) is 0.667. The van der Waals surface area contributed by atoms with Crippen LogP contribution in [0, 0.1) is 5.41 Å². The van der Waals surface area contributed by atoms with Gasteiger partial charge in [-0.15, -0.1) is 0 Å². The molecule has 0 spiro atoms. The third-order valence-electron chi connectivity index (χ3n) is 1.93. The third kappa shape index (κ3) is 1.85. The lowest BCUT2D eigenvalue weighted by molar-refractivity contribution is -0.273. The minimum atomic E-state index is -0.357. The number of rotatable bonds is 4. The number of allylic oxidation sites excluding steroid dienone is 1. The summed E-state index contributed by atoms with van der Waals surface area (Å²) in [6, 6.07) is 0. The molecule has 68 valence electrons. The molecule has 12 heavy (non-hydrogen) atoms. The molecule has 0 unspecified atom stereocenters. The van der Waals surface area contributed by atoms with E-state index >= 15 is 0 Å². The van der Waals surface area contributed by atoms with Crippen LogP contribution in [0.2, 0.25) is 0 Å². The quantitative estimate of drug-likeness (QED) is 0.367. The number of carbonyl (C=O) groups is 1. The second-order valence-electron chi connectivity index (χ2n) is 2.93. The lowest BCUT2D eigenvalue weighted by Gasteiger charge is -2.06. The molecule has 3 nitrogen and oxygen atoms in total. The highest BCUT2D eigenvalue weighted by Crippen LogP contribution is 2.48. The van der Waals surface area contributed by atoms with Gasteiger partial charge in [0.25, 0.3) is 0 Å². The number of hydrogen-bond donors (Lipinski definition) is 0. The average molecular weight is 170 g/mol. The molecule has 0 heterocycles. The first-order chi connectivity index (χ1) is 5.75. The van der Waals surface area contributed by atoms with Gasteiger partial charge in [0.05, 0.1) is 12.0 Å². The largest absolute Gasteiger partial charge is 0.352 e. The Morgan fingerprint density at radius 1 is 1.58 bits per heavy atom. The first-order valence-electron chi connectivity index (χ1n) is 4.23. The van der Waals surface area contributed by atoms with Gasteiger partial charge in [0, 0.05) is 0 Å². The van der Waals surface area contributed by atoms with Gasteiger partial charge in [-0.1, -0.05) is 12.2 Å². The molecule has 1 rings (SSSR count). The molecule has 0 bridgehead atoms. The number of hydrogen-bond acceptors (Lipinski definition) is 3. The highest BCUT2D eigenvalue weighted by atomic mass is 17.2. The Kier molecular flexibility index (Phi) is 2.87. The molecule has 3 heteroatoms. The van der Waals surface area contributed by atoms with Gasteiger partial charge in [-0.3, -0.25) is 4.89 Å². The Morgan fingerprint density at radius 2 is 2.25 bits per heavy atom. The van der Waals surface area contributed by atoms with Crippen molar-refractivity contribution in [3.05, 3.63) is 12.2 Å². The molecule has 0 radical (unpaired) electrons. The van der Waals surface area contributed by atoms with Gasteiger partial charge in [0.2, 0.25) is 0 Å². The van der Waals surface area contributed by atoms with Crippen LogP contribution in [0.1, 0.15) is 26.7 Å². The molecule has 0 aromatic carbocycles. The van der Waals surface area contributed by atoms with Gasteiger partial charge in [0.15, 0.2) is 0 Å². The Hall–Kier alpha value is -0.830. The SMILES string of the molecule is CC=CC1(C(=O)OOCC)CC1. The van der Waals surface area contributed by atoms with Crippen LogP contribution in [-0.4, -0.2) is 12.6 Å². The van der Waals surface area contributed by atoms with Crippen LogP contribution in [0.3, 0.4) is 0 Å². The van der Waals surface area contributed by atoms with Crippen LogP contribution in [0.4, 0.5) is 0 Å². The van der Waals surface area contributed by atoms with Gasteiger partial charge in [-0.2, -0.15) is 4.89 Å². The van der Waals surface area contributed by atoms with Crippen molar-refractivity contribution in [1.82, 2.24) is 0 Å². The van der Waals surface area contributed by atoms with Crippen molar-refractivity contribution in [1.29, 1.82) is 0 Å². The summed E-state index contributed by atoms with van der Waals surface area (Å²) >= 11 is 0. The highest BCUT2D eigenvalue weighted by Gasteiger charge is 2.49. The summed E-state index contributed by atoms with van der Waals surface area (Å²) in [6.07, 6.45) is 5.51. The number of carbonyl (C=O) groups excluding carboxylic acids is 1. The van der Waals surface area contributed by atoms with Gasteiger partial charge in [-0.05, 0) is 26.7 Å². The first kappa shape index (κ1) is 9.26. The van der Waals surface area contributed by atoms with Gasteiger partial charge >= 0.3 is 5.97 Å². The minimum Gasteiger partial charge on any atom is -0.297 e. The van der Waals surface area contributed by atoms with Gasteiger partial charge in [-0.25, -0.2) is 4.79 Å². The van der Waals surface area contributed by atoms with E-state index in [9.17, 15) is 4.79 Å². The van der Waals surface area contributed by atoms with E-state index in [0.717, 1.165) is 12.8 Å². The van der Waals surface area contributed by atoms with Crippen molar-refractivity contribution in [2.24, 2.45) is 5.41 Å². The first-order valence-corrected chi connectivity index (χ1v) is 4.23. The highest BCUT2D eigenvalue weighted by molar-refractivity contribution is 5.81. The molecule has 0 atom stereocenters. The molecule has 0 aliphatic heterocycles. The smallest absolute Gasteiger partial charge is 0.297 e. The van der Waals surface area contributed by atoms with Crippen molar-refractivity contribution in [2.75, 3.05) is 6.61 Å². The molecule has 0 amide bonds. The van der Waals surface area contributed by atoms with Crippen LogP contribution in [0.5, 0.6) is 0 Å². The van der Waals surface area contributed by atoms with E-state index in [1.54, 1.807) is 6.92 Å². The standard InChI is InChI=1S/C9H14O3/c1-3-5-9(6-7-9)8(10)12-11-4-2/h3,5H,4,6-7H2,1-2H3. The van der Waals surface area contributed by atoms with Crippen LogP contribution in [0.25, 0.3) is 0 Å². The van der Waals surface area contributed by atoms with Gasteiger partial charge < -0.3 is 0 Å². The predicted octanol–water partition coefficient (Wildman–Crippen LogP) is 1.84. The summed E-state index contributed by atoms with van der Waals surface area (Å²) in [5, 5.41) is 0. The Labute approximate surface area is 72.3 Å². The van der Waals surface area contributed by atoms with Crippen molar-refractivity contribution in [3.63, 3.8) is 0 Å². The summed E-state index contributed by atoms with van der Waals surface area (Å²) in [5.41, 5.74) is -0.357. The molecule has 1 aliphatic carbocycles. The zero-order valence-corrected chi connectivity index (χ0v) is 7.50. The van der Waals surface area contributed by atoms with Crippen molar-refractivity contribution < 1.29 is 14.6 Å². The van der Waals surface area contributed by atoms with Crippen molar-refractivity contribution in [2.45, 2.75) is 26.7 Å². The Morgan fingerprint density at radius 3 is 2.67 bits per heavy atom. The van der Waals surface area contributed by atoms with Crippen LogP contribution < -0.4 is 0 Å². The summed E-state index contributed by atoms with van der Waals surface area (Å²) in [5.74, 6) is -0.262. The molecular weight excluding hydrogens is 156 g/mol. The molecule has 1 fully saturated rings. The zero-order chi connectivity index (χ0) is 9.03. The maximum Gasteiger partial charge on any atom is 0.352 e. The predicted molar refractivity (Wildman–Crippen MR) is 44.2 cm³/mol. The topological polar surface area (TPSA) is 35.5 Å².